The second-order valence-corrected chi connectivity index (χ2v) is 4.34. The van der Waals surface area contributed by atoms with Crippen molar-refractivity contribution in [3.8, 4) is 0 Å². The van der Waals surface area contributed by atoms with Gasteiger partial charge in [0.25, 0.3) is 0 Å². The molecule has 0 aromatic rings. The fourth-order valence-electron chi connectivity index (χ4n) is 0.440. The second-order valence-electron chi connectivity index (χ2n) is 1.63. The van der Waals surface area contributed by atoms with Gasteiger partial charge in [-0.15, -0.1) is 0 Å². The Balaban J connectivity index is 0.000000180. The first kappa shape index (κ1) is 9.97. The number of rotatable bonds is 0. The normalized spacial score (nSPS) is 16.8. The Morgan fingerprint density at radius 2 is 1.40 bits per heavy atom. The van der Waals surface area contributed by atoms with E-state index in [9.17, 15) is 0 Å². The number of hydrogen-bond donors (Lipinski definition) is 2. The van der Waals surface area contributed by atoms with E-state index < -0.39 is 6.16 Å². The summed E-state index contributed by atoms with van der Waals surface area (Å²) < 4.78 is 0. The van der Waals surface area contributed by atoms with Crippen LogP contribution in [0.1, 0.15) is 12.8 Å². The van der Waals surface area contributed by atoms with Gasteiger partial charge in [-0.1, -0.05) is 21.6 Å². The van der Waals surface area contributed by atoms with Gasteiger partial charge in [0, 0.05) is 11.5 Å². The summed E-state index contributed by atoms with van der Waals surface area (Å²) in [4.78, 5) is 8.56. The monoisotopic (exact) mass is 182 g/mol. The highest BCUT2D eigenvalue weighted by atomic mass is 33.1. The van der Waals surface area contributed by atoms with Crippen molar-refractivity contribution in [2.24, 2.45) is 0 Å². The van der Waals surface area contributed by atoms with Crippen molar-refractivity contribution in [2.75, 3.05) is 11.5 Å². The standard InChI is InChI=1S/C4H8S2.CH2O3/c1-2-4-6-5-3-1;2-1(3)4/h1-4H2;(H2,2,3,4). The van der Waals surface area contributed by atoms with Crippen LogP contribution in [0.2, 0.25) is 0 Å². The van der Waals surface area contributed by atoms with E-state index >= 15 is 0 Å². The maximum Gasteiger partial charge on any atom is 0.503 e. The maximum atomic E-state index is 8.56. The maximum absolute atomic E-state index is 8.56. The van der Waals surface area contributed by atoms with Crippen LogP contribution in [0.3, 0.4) is 0 Å². The molecule has 1 heterocycles. The van der Waals surface area contributed by atoms with E-state index in [1.165, 1.54) is 24.3 Å². The molecule has 0 radical (unpaired) electrons. The molecule has 1 rings (SSSR count). The minimum Gasteiger partial charge on any atom is -0.450 e. The molecular weight excluding hydrogens is 172 g/mol. The van der Waals surface area contributed by atoms with Crippen molar-refractivity contribution < 1.29 is 15.0 Å². The lowest BCUT2D eigenvalue weighted by molar-refractivity contribution is 0.137. The van der Waals surface area contributed by atoms with Gasteiger partial charge in [0.2, 0.25) is 0 Å². The van der Waals surface area contributed by atoms with E-state index in [-0.39, 0.29) is 0 Å². The fraction of sp³-hybridized carbons (Fsp3) is 0.800. The third-order valence-electron chi connectivity index (χ3n) is 0.789. The molecule has 1 aliphatic rings. The second kappa shape index (κ2) is 7.08. The van der Waals surface area contributed by atoms with Crippen molar-refractivity contribution in [3.63, 3.8) is 0 Å². The molecule has 0 aliphatic carbocycles. The zero-order chi connectivity index (χ0) is 7.82. The highest BCUT2D eigenvalue weighted by Crippen LogP contribution is 2.28. The average Bonchev–Trinajstić information content (AvgIpc) is 1.90. The first-order chi connectivity index (χ1) is 4.73. The van der Waals surface area contributed by atoms with Crippen molar-refractivity contribution in [2.45, 2.75) is 12.8 Å². The summed E-state index contributed by atoms with van der Waals surface area (Å²) in [7, 11) is 4.02. The summed E-state index contributed by atoms with van der Waals surface area (Å²) in [6, 6.07) is 0. The van der Waals surface area contributed by atoms with Crippen LogP contribution in [-0.2, 0) is 0 Å². The zero-order valence-electron chi connectivity index (χ0n) is 5.45. The molecular formula is C5H10O3S2. The van der Waals surface area contributed by atoms with Gasteiger partial charge in [0.15, 0.2) is 0 Å². The Bertz CT molecular complexity index is 77.4. The van der Waals surface area contributed by atoms with Gasteiger partial charge < -0.3 is 10.2 Å². The summed E-state index contributed by atoms with van der Waals surface area (Å²) in [5, 5.41) is 13.9. The predicted molar refractivity (Wildman–Crippen MR) is 44.8 cm³/mol. The van der Waals surface area contributed by atoms with Crippen molar-refractivity contribution in [1.82, 2.24) is 0 Å². The smallest absolute Gasteiger partial charge is 0.450 e. The highest BCUT2D eigenvalue weighted by Gasteiger charge is 1.96. The lowest BCUT2D eigenvalue weighted by atomic mass is 10.4. The molecule has 0 amide bonds. The van der Waals surface area contributed by atoms with E-state index in [0.29, 0.717) is 0 Å². The first-order valence-electron chi connectivity index (χ1n) is 2.90. The van der Waals surface area contributed by atoms with Gasteiger partial charge in [0.05, 0.1) is 0 Å². The van der Waals surface area contributed by atoms with Gasteiger partial charge in [-0.05, 0) is 12.8 Å². The van der Waals surface area contributed by atoms with Gasteiger partial charge in [-0.2, -0.15) is 0 Å². The topological polar surface area (TPSA) is 57.5 Å². The molecule has 5 heteroatoms. The molecule has 10 heavy (non-hydrogen) atoms. The predicted octanol–water partition coefficient (Wildman–Crippen LogP) is 2.38. The zero-order valence-corrected chi connectivity index (χ0v) is 7.08. The summed E-state index contributed by atoms with van der Waals surface area (Å²) >= 11 is 0. The van der Waals surface area contributed by atoms with Gasteiger partial charge in [0.1, 0.15) is 0 Å². The lowest BCUT2D eigenvalue weighted by Gasteiger charge is -2.04. The summed E-state index contributed by atoms with van der Waals surface area (Å²) in [5.74, 6) is 2.76. The number of hydrogen-bond acceptors (Lipinski definition) is 3. The van der Waals surface area contributed by atoms with Crippen LogP contribution in [0.4, 0.5) is 4.79 Å². The van der Waals surface area contributed by atoms with Crippen LogP contribution in [0.5, 0.6) is 0 Å². The molecule has 0 aromatic heterocycles. The molecule has 0 spiro atoms. The Labute approximate surface area is 67.6 Å². The number of carboxylic acid groups (broad SMARTS) is 2. The van der Waals surface area contributed by atoms with Crippen LogP contribution >= 0.6 is 21.6 Å². The van der Waals surface area contributed by atoms with Crippen molar-refractivity contribution >= 4 is 27.7 Å². The molecule has 60 valence electrons. The Kier molecular flexibility index (Phi) is 7.06. The van der Waals surface area contributed by atoms with E-state index in [1.807, 2.05) is 21.6 Å². The first-order valence-corrected chi connectivity index (χ1v) is 5.38. The van der Waals surface area contributed by atoms with Crippen LogP contribution < -0.4 is 0 Å². The van der Waals surface area contributed by atoms with Crippen LogP contribution in [0, 0.1) is 0 Å². The fourth-order valence-corrected chi connectivity index (χ4v) is 2.73. The quantitative estimate of drug-likeness (QED) is 0.563. The molecule has 3 nitrogen and oxygen atoms in total. The third-order valence-corrected chi connectivity index (χ3v) is 3.37. The molecule has 1 aliphatic heterocycles. The molecule has 0 unspecified atom stereocenters. The third kappa shape index (κ3) is 10.9. The Morgan fingerprint density at radius 3 is 1.50 bits per heavy atom. The van der Waals surface area contributed by atoms with E-state index in [4.69, 9.17) is 15.0 Å². The Morgan fingerprint density at radius 1 is 1.10 bits per heavy atom. The van der Waals surface area contributed by atoms with Crippen molar-refractivity contribution in [1.29, 1.82) is 0 Å². The van der Waals surface area contributed by atoms with Crippen LogP contribution in [0.25, 0.3) is 0 Å². The van der Waals surface area contributed by atoms with Crippen LogP contribution in [-0.4, -0.2) is 27.9 Å². The molecule has 1 fully saturated rings. The van der Waals surface area contributed by atoms with Gasteiger partial charge >= 0.3 is 6.16 Å². The van der Waals surface area contributed by atoms with Gasteiger partial charge in [-0.25, -0.2) is 4.79 Å². The Hall–Kier alpha value is -0.0300. The SMILES string of the molecule is C1CCSSC1.O=C(O)O. The minimum atomic E-state index is -1.83. The highest BCUT2D eigenvalue weighted by molar-refractivity contribution is 8.76. The summed E-state index contributed by atoms with van der Waals surface area (Å²) in [6.45, 7) is 0. The van der Waals surface area contributed by atoms with E-state index in [2.05, 4.69) is 0 Å². The van der Waals surface area contributed by atoms with Gasteiger partial charge in [-0.3, -0.25) is 0 Å². The molecule has 1 saturated heterocycles. The average molecular weight is 182 g/mol. The minimum absolute atomic E-state index is 1.38. The van der Waals surface area contributed by atoms with Crippen molar-refractivity contribution in [3.05, 3.63) is 0 Å². The van der Waals surface area contributed by atoms with E-state index in [1.54, 1.807) is 0 Å². The largest absolute Gasteiger partial charge is 0.503 e. The number of carbonyl (C=O) groups is 1. The summed E-state index contributed by atoms with van der Waals surface area (Å²) in [5.41, 5.74) is 0. The molecule has 2 N–H and O–H groups in total. The van der Waals surface area contributed by atoms with E-state index in [0.717, 1.165) is 0 Å². The lowest BCUT2D eigenvalue weighted by Crippen LogP contribution is -1.86. The molecule has 0 aromatic carbocycles. The van der Waals surface area contributed by atoms with Crippen LogP contribution in [0.15, 0.2) is 0 Å². The molecule has 0 atom stereocenters. The molecule has 0 bridgehead atoms. The summed E-state index contributed by atoms with van der Waals surface area (Å²) in [6.07, 6.45) is 1.05. The molecule has 0 saturated carbocycles.